The van der Waals surface area contributed by atoms with Crippen LogP contribution >= 0.6 is 0 Å². The van der Waals surface area contributed by atoms with Crippen molar-refractivity contribution in [1.82, 2.24) is 4.90 Å². The molecule has 0 fully saturated rings. The van der Waals surface area contributed by atoms with Crippen LogP contribution in [-0.4, -0.2) is 36.2 Å². The third-order valence-electron chi connectivity index (χ3n) is 3.71. The second kappa shape index (κ2) is 9.06. The van der Waals surface area contributed by atoms with Crippen molar-refractivity contribution in [2.45, 2.75) is 44.7 Å². The minimum atomic E-state index is -0.218. The highest BCUT2D eigenvalue weighted by molar-refractivity contribution is 5.21. The van der Waals surface area contributed by atoms with Gasteiger partial charge in [0.1, 0.15) is 5.82 Å². The van der Waals surface area contributed by atoms with Crippen LogP contribution in [0.3, 0.4) is 0 Å². The first-order chi connectivity index (χ1) is 9.60. The second-order valence-corrected chi connectivity index (χ2v) is 5.34. The number of nitrogens with two attached hydrogens (primary N) is 1. The van der Waals surface area contributed by atoms with Gasteiger partial charge in [-0.25, -0.2) is 4.39 Å². The van der Waals surface area contributed by atoms with Crippen LogP contribution in [0.4, 0.5) is 4.39 Å². The fourth-order valence-corrected chi connectivity index (χ4v) is 2.53. The predicted octanol–water partition coefficient (Wildman–Crippen LogP) is 2.70. The van der Waals surface area contributed by atoms with Gasteiger partial charge in [0, 0.05) is 18.7 Å². The molecule has 2 unspecified atom stereocenters. The average molecular weight is 282 g/mol. The number of unbranched alkanes of at least 4 members (excludes halogenated alkanes) is 2. The zero-order valence-electron chi connectivity index (χ0n) is 12.6. The van der Waals surface area contributed by atoms with E-state index in [1.54, 1.807) is 12.1 Å². The van der Waals surface area contributed by atoms with Crippen LogP contribution in [0, 0.1) is 5.82 Å². The monoisotopic (exact) mass is 282 g/mol. The molecule has 20 heavy (non-hydrogen) atoms. The Hall–Kier alpha value is -0.970. The van der Waals surface area contributed by atoms with Gasteiger partial charge in [-0.3, -0.25) is 4.90 Å². The number of hydrogen-bond donors (Lipinski definition) is 2. The maximum Gasteiger partial charge on any atom is 0.123 e. The van der Waals surface area contributed by atoms with Crippen LogP contribution in [0.1, 0.15) is 44.2 Å². The van der Waals surface area contributed by atoms with Gasteiger partial charge in [-0.05, 0) is 57.0 Å². The Morgan fingerprint density at radius 1 is 1.30 bits per heavy atom. The number of likely N-dealkylation sites (N-methyl/N-ethyl adjacent to an activating group) is 1. The average Bonchev–Trinajstić information content (AvgIpc) is 2.44. The van der Waals surface area contributed by atoms with E-state index >= 15 is 0 Å². The fourth-order valence-electron chi connectivity index (χ4n) is 2.53. The molecule has 3 nitrogen and oxygen atoms in total. The molecule has 0 aliphatic heterocycles. The third-order valence-corrected chi connectivity index (χ3v) is 3.71. The Morgan fingerprint density at radius 3 is 2.65 bits per heavy atom. The molecule has 0 aliphatic carbocycles. The lowest BCUT2D eigenvalue weighted by Gasteiger charge is -2.33. The highest BCUT2D eigenvalue weighted by Gasteiger charge is 2.23. The van der Waals surface area contributed by atoms with E-state index in [0.717, 1.165) is 37.8 Å². The largest absolute Gasteiger partial charge is 0.396 e. The van der Waals surface area contributed by atoms with Crippen LogP contribution < -0.4 is 5.73 Å². The highest BCUT2D eigenvalue weighted by Crippen LogP contribution is 2.25. The molecular formula is C16H27FN2O. The summed E-state index contributed by atoms with van der Waals surface area (Å²) in [5, 5.41) is 8.80. The minimum absolute atomic E-state index is 0.0142. The number of halogens is 1. The van der Waals surface area contributed by atoms with Crippen molar-refractivity contribution in [1.29, 1.82) is 0 Å². The molecule has 0 amide bonds. The fraction of sp³-hybridized carbons (Fsp3) is 0.625. The predicted molar refractivity (Wildman–Crippen MR) is 81.0 cm³/mol. The van der Waals surface area contributed by atoms with Crippen LogP contribution in [-0.2, 0) is 0 Å². The standard InChI is InChI=1S/C16H27FN2O/c1-3-15(18)16(13-8-7-9-14(17)12-13)19(2)10-5-4-6-11-20/h7-9,12,15-16,20H,3-6,10-11,18H2,1-2H3. The van der Waals surface area contributed by atoms with Crippen LogP contribution in [0.2, 0.25) is 0 Å². The molecule has 0 aliphatic rings. The smallest absolute Gasteiger partial charge is 0.123 e. The van der Waals surface area contributed by atoms with Crippen molar-refractivity contribution in [2.75, 3.05) is 20.2 Å². The first kappa shape index (κ1) is 17.1. The van der Waals surface area contributed by atoms with E-state index in [0.29, 0.717) is 0 Å². The van der Waals surface area contributed by atoms with Gasteiger partial charge in [0.15, 0.2) is 0 Å². The lowest BCUT2D eigenvalue weighted by Crippen LogP contribution is -2.39. The number of benzene rings is 1. The Balaban J connectivity index is 2.73. The lowest BCUT2D eigenvalue weighted by atomic mass is 9.96. The Morgan fingerprint density at radius 2 is 2.05 bits per heavy atom. The minimum Gasteiger partial charge on any atom is -0.396 e. The lowest BCUT2D eigenvalue weighted by molar-refractivity contribution is 0.202. The summed E-state index contributed by atoms with van der Waals surface area (Å²) in [7, 11) is 2.03. The zero-order chi connectivity index (χ0) is 15.0. The van der Waals surface area contributed by atoms with Gasteiger partial charge in [-0.1, -0.05) is 19.1 Å². The number of hydrogen-bond acceptors (Lipinski definition) is 3. The van der Waals surface area contributed by atoms with Crippen LogP contribution in [0.15, 0.2) is 24.3 Å². The van der Waals surface area contributed by atoms with Crippen LogP contribution in [0.5, 0.6) is 0 Å². The number of aliphatic hydroxyl groups excluding tert-OH is 1. The molecule has 1 aromatic carbocycles. The van der Waals surface area contributed by atoms with Crippen molar-refractivity contribution in [2.24, 2.45) is 5.73 Å². The SMILES string of the molecule is CCC(N)C(c1cccc(F)c1)N(C)CCCCCO. The molecule has 0 radical (unpaired) electrons. The molecule has 0 aromatic heterocycles. The first-order valence-corrected chi connectivity index (χ1v) is 7.42. The summed E-state index contributed by atoms with van der Waals surface area (Å²) >= 11 is 0. The highest BCUT2D eigenvalue weighted by atomic mass is 19.1. The molecule has 114 valence electrons. The van der Waals surface area contributed by atoms with Crippen molar-refractivity contribution in [3.8, 4) is 0 Å². The number of aliphatic hydroxyl groups is 1. The van der Waals surface area contributed by atoms with Gasteiger partial charge in [0.05, 0.1) is 0 Å². The molecule has 1 aromatic rings. The Kier molecular flexibility index (Phi) is 7.73. The zero-order valence-corrected chi connectivity index (χ0v) is 12.6. The summed E-state index contributed by atoms with van der Waals surface area (Å²) in [5.41, 5.74) is 7.16. The topological polar surface area (TPSA) is 49.5 Å². The molecule has 0 saturated heterocycles. The van der Waals surface area contributed by atoms with Gasteiger partial charge >= 0.3 is 0 Å². The van der Waals surface area contributed by atoms with Gasteiger partial charge in [0.25, 0.3) is 0 Å². The maximum absolute atomic E-state index is 13.4. The summed E-state index contributed by atoms with van der Waals surface area (Å²) in [5.74, 6) is -0.218. The van der Waals surface area contributed by atoms with Crippen molar-refractivity contribution in [3.05, 3.63) is 35.6 Å². The molecule has 0 saturated carbocycles. The van der Waals surface area contributed by atoms with E-state index in [1.807, 2.05) is 13.1 Å². The van der Waals surface area contributed by atoms with Crippen molar-refractivity contribution in [3.63, 3.8) is 0 Å². The van der Waals surface area contributed by atoms with E-state index in [-0.39, 0.29) is 24.5 Å². The summed E-state index contributed by atoms with van der Waals surface area (Å²) in [6, 6.07) is 6.72. The summed E-state index contributed by atoms with van der Waals surface area (Å²) < 4.78 is 13.4. The van der Waals surface area contributed by atoms with Crippen molar-refractivity contribution >= 4 is 0 Å². The molecule has 0 bridgehead atoms. The summed E-state index contributed by atoms with van der Waals surface area (Å²) in [4.78, 5) is 2.19. The van der Waals surface area contributed by atoms with Gasteiger partial charge < -0.3 is 10.8 Å². The Labute approximate surface area is 121 Å². The number of rotatable bonds is 9. The summed E-state index contributed by atoms with van der Waals surface area (Å²) in [6.45, 7) is 3.19. The van der Waals surface area contributed by atoms with E-state index in [1.165, 1.54) is 6.07 Å². The molecule has 0 heterocycles. The first-order valence-electron chi connectivity index (χ1n) is 7.42. The molecule has 1 rings (SSSR count). The molecule has 4 heteroatoms. The molecular weight excluding hydrogens is 255 g/mol. The number of nitrogens with zero attached hydrogens (tertiary/aromatic N) is 1. The van der Waals surface area contributed by atoms with Gasteiger partial charge in [-0.2, -0.15) is 0 Å². The normalized spacial score (nSPS) is 14.5. The third kappa shape index (κ3) is 5.19. The summed E-state index contributed by atoms with van der Waals surface area (Å²) in [6.07, 6.45) is 3.69. The van der Waals surface area contributed by atoms with E-state index in [9.17, 15) is 4.39 Å². The van der Waals surface area contributed by atoms with Gasteiger partial charge in [-0.15, -0.1) is 0 Å². The molecule has 2 atom stereocenters. The molecule has 3 N–H and O–H groups in total. The maximum atomic E-state index is 13.4. The van der Waals surface area contributed by atoms with Crippen LogP contribution in [0.25, 0.3) is 0 Å². The quantitative estimate of drug-likeness (QED) is 0.685. The molecule has 0 spiro atoms. The van der Waals surface area contributed by atoms with E-state index < -0.39 is 0 Å². The second-order valence-electron chi connectivity index (χ2n) is 5.34. The van der Waals surface area contributed by atoms with Crippen molar-refractivity contribution < 1.29 is 9.50 Å². The van der Waals surface area contributed by atoms with E-state index in [4.69, 9.17) is 10.8 Å². The van der Waals surface area contributed by atoms with Gasteiger partial charge in [0.2, 0.25) is 0 Å². The van der Waals surface area contributed by atoms with E-state index in [2.05, 4.69) is 11.8 Å². The Bertz CT molecular complexity index is 386.